The van der Waals surface area contributed by atoms with Gasteiger partial charge in [0.1, 0.15) is 5.58 Å². The first-order valence-corrected chi connectivity index (χ1v) is 6.18. The van der Waals surface area contributed by atoms with Gasteiger partial charge in [-0.05, 0) is 12.1 Å². The average molecular weight is 272 g/mol. The summed E-state index contributed by atoms with van der Waals surface area (Å²) < 4.78 is 5.46. The smallest absolute Gasteiger partial charge is 0.240 e. The number of furan rings is 1. The lowest BCUT2D eigenvalue weighted by molar-refractivity contribution is -0.135. The Labute approximate surface area is 114 Å². The van der Waals surface area contributed by atoms with Crippen LogP contribution in [0.1, 0.15) is 10.6 Å². The first kappa shape index (κ1) is 12.6. The van der Waals surface area contributed by atoms with Gasteiger partial charge in [-0.25, -0.2) is 0 Å². The summed E-state index contributed by atoms with van der Waals surface area (Å²) in [5.74, 6) is -0.786. The number of hydrogen-bond donors (Lipinski definition) is 1. The molecule has 1 aromatic carbocycles. The van der Waals surface area contributed by atoms with Crippen LogP contribution in [0.5, 0.6) is 0 Å². The molecule has 0 aliphatic carbocycles. The molecular weight excluding hydrogens is 260 g/mol. The van der Waals surface area contributed by atoms with Crippen LogP contribution in [-0.2, 0) is 9.59 Å². The monoisotopic (exact) mass is 272 g/mol. The summed E-state index contributed by atoms with van der Waals surface area (Å²) in [4.78, 5) is 36.1. The van der Waals surface area contributed by atoms with Gasteiger partial charge in [-0.3, -0.25) is 24.6 Å². The SMILES string of the molecule is O=C1CN(CC(=O)c2cc3ccccc3o2)CC(=O)N1. The first-order valence-electron chi connectivity index (χ1n) is 6.18. The Morgan fingerprint density at radius 2 is 1.90 bits per heavy atom. The van der Waals surface area contributed by atoms with Crippen molar-refractivity contribution in [3.8, 4) is 0 Å². The molecule has 102 valence electrons. The van der Waals surface area contributed by atoms with Gasteiger partial charge in [-0.15, -0.1) is 0 Å². The number of para-hydroxylation sites is 1. The number of carbonyl (C=O) groups excluding carboxylic acids is 3. The number of fused-ring (bicyclic) bond motifs is 1. The molecule has 1 fully saturated rings. The molecule has 0 unspecified atom stereocenters. The van der Waals surface area contributed by atoms with Gasteiger partial charge in [-0.1, -0.05) is 18.2 Å². The van der Waals surface area contributed by atoms with E-state index in [2.05, 4.69) is 5.32 Å². The molecule has 0 saturated carbocycles. The van der Waals surface area contributed by atoms with Crippen molar-refractivity contribution in [3.63, 3.8) is 0 Å². The molecule has 6 heteroatoms. The molecule has 0 spiro atoms. The number of imide groups is 1. The second-order valence-electron chi connectivity index (χ2n) is 4.69. The maximum absolute atomic E-state index is 12.1. The molecule has 6 nitrogen and oxygen atoms in total. The number of benzene rings is 1. The predicted octanol–water partition coefficient (Wildman–Crippen LogP) is 0.574. The molecule has 0 atom stereocenters. The fourth-order valence-electron chi connectivity index (χ4n) is 2.21. The van der Waals surface area contributed by atoms with E-state index in [0.29, 0.717) is 5.58 Å². The summed E-state index contributed by atoms with van der Waals surface area (Å²) in [5, 5.41) is 3.04. The van der Waals surface area contributed by atoms with E-state index < -0.39 is 11.8 Å². The Balaban J connectivity index is 1.75. The summed E-state index contributed by atoms with van der Waals surface area (Å²) in [7, 11) is 0. The van der Waals surface area contributed by atoms with Crippen LogP contribution in [0.4, 0.5) is 0 Å². The highest BCUT2D eigenvalue weighted by Gasteiger charge is 2.25. The van der Waals surface area contributed by atoms with Crippen LogP contribution in [0.3, 0.4) is 0 Å². The molecule has 0 radical (unpaired) electrons. The quantitative estimate of drug-likeness (QED) is 0.653. The minimum Gasteiger partial charge on any atom is -0.453 e. The van der Waals surface area contributed by atoms with Crippen molar-refractivity contribution in [2.75, 3.05) is 19.6 Å². The van der Waals surface area contributed by atoms with Crippen molar-refractivity contribution < 1.29 is 18.8 Å². The standard InChI is InChI=1S/C14H12N2O4/c17-10(6-16-7-13(18)15-14(19)8-16)12-5-9-3-1-2-4-11(9)20-12/h1-5H,6-8H2,(H,15,18,19). The molecule has 1 N–H and O–H groups in total. The first-order chi connectivity index (χ1) is 9.61. The van der Waals surface area contributed by atoms with Crippen LogP contribution < -0.4 is 5.32 Å². The highest BCUT2D eigenvalue weighted by atomic mass is 16.3. The van der Waals surface area contributed by atoms with E-state index in [1.165, 1.54) is 4.90 Å². The Kier molecular flexibility index (Phi) is 3.08. The van der Waals surface area contributed by atoms with Gasteiger partial charge in [0.05, 0.1) is 19.6 Å². The third-order valence-electron chi connectivity index (χ3n) is 3.08. The van der Waals surface area contributed by atoms with E-state index >= 15 is 0 Å². The molecular formula is C14H12N2O4. The maximum Gasteiger partial charge on any atom is 0.240 e. The largest absolute Gasteiger partial charge is 0.453 e. The third-order valence-corrected chi connectivity index (χ3v) is 3.08. The third kappa shape index (κ3) is 2.46. The van der Waals surface area contributed by atoms with Crippen molar-refractivity contribution >= 4 is 28.6 Å². The zero-order valence-electron chi connectivity index (χ0n) is 10.6. The second kappa shape index (κ2) is 4.90. The summed E-state index contributed by atoms with van der Waals surface area (Å²) >= 11 is 0. The number of Topliss-reactive ketones (excluding diaryl/α,β-unsaturated/α-hetero) is 1. The summed E-state index contributed by atoms with van der Waals surface area (Å²) in [6.45, 7) is 0.0639. The molecule has 1 saturated heterocycles. The summed E-state index contributed by atoms with van der Waals surface area (Å²) in [6, 6.07) is 8.99. The van der Waals surface area contributed by atoms with Crippen LogP contribution in [-0.4, -0.2) is 42.1 Å². The van der Waals surface area contributed by atoms with Crippen molar-refractivity contribution in [1.82, 2.24) is 10.2 Å². The molecule has 1 aliphatic rings. The summed E-state index contributed by atoms with van der Waals surface area (Å²) in [5.41, 5.74) is 0.642. The number of hydrogen-bond acceptors (Lipinski definition) is 5. The molecule has 2 aromatic rings. The number of amides is 2. The zero-order valence-corrected chi connectivity index (χ0v) is 10.6. The van der Waals surface area contributed by atoms with Gasteiger partial charge < -0.3 is 4.42 Å². The molecule has 0 bridgehead atoms. The van der Waals surface area contributed by atoms with Crippen LogP contribution >= 0.6 is 0 Å². The van der Waals surface area contributed by atoms with E-state index in [1.807, 2.05) is 18.2 Å². The number of nitrogens with one attached hydrogen (secondary N) is 1. The number of piperazine rings is 1. The van der Waals surface area contributed by atoms with Crippen LogP contribution in [0.25, 0.3) is 11.0 Å². The topological polar surface area (TPSA) is 79.6 Å². The second-order valence-corrected chi connectivity index (χ2v) is 4.69. The van der Waals surface area contributed by atoms with E-state index in [1.54, 1.807) is 12.1 Å². The number of ketones is 1. The lowest BCUT2D eigenvalue weighted by atomic mass is 10.2. The van der Waals surface area contributed by atoms with Gasteiger partial charge in [0, 0.05) is 5.39 Å². The maximum atomic E-state index is 12.1. The lowest BCUT2D eigenvalue weighted by Gasteiger charge is -2.23. The Morgan fingerprint density at radius 1 is 1.20 bits per heavy atom. The minimum absolute atomic E-state index is 0.0149. The fourth-order valence-corrected chi connectivity index (χ4v) is 2.21. The average Bonchev–Trinajstić information content (AvgIpc) is 2.81. The molecule has 1 aliphatic heterocycles. The van der Waals surface area contributed by atoms with E-state index in [9.17, 15) is 14.4 Å². The van der Waals surface area contributed by atoms with E-state index in [0.717, 1.165) is 5.39 Å². The zero-order chi connectivity index (χ0) is 14.1. The molecule has 2 amide bonds. The van der Waals surface area contributed by atoms with Crippen molar-refractivity contribution in [1.29, 1.82) is 0 Å². The van der Waals surface area contributed by atoms with E-state index in [4.69, 9.17) is 4.42 Å². The molecule has 2 heterocycles. The number of carbonyl (C=O) groups is 3. The number of nitrogens with zero attached hydrogens (tertiary/aromatic N) is 1. The highest BCUT2D eigenvalue weighted by Crippen LogP contribution is 2.19. The van der Waals surface area contributed by atoms with Gasteiger partial charge >= 0.3 is 0 Å². The Morgan fingerprint density at radius 3 is 2.60 bits per heavy atom. The molecule has 20 heavy (non-hydrogen) atoms. The predicted molar refractivity (Wildman–Crippen MR) is 70.1 cm³/mol. The van der Waals surface area contributed by atoms with Crippen LogP contribution in [0, 0.1) is 0 Å². The van der Waals surface area contributed by atoms with Crippen LogP contribution in [0.15, 0.2) is 34.7 Å². The summed E-state index contributed by atoms with van der Waals surface area (Å²) in [6.07, 6.45) is 0. The highest BCUT2D eigenvalue weighted by molar-refractivity contribution is 6.02. The lowest BCUT2D eigenvalue weighted by Crippen LogP contribution is -2.52. The Bertz CT molecular complexity index is 655. The van der Waals surface area contributed by atoms with Crippen molar-refractivity contribution in [3.05, 3.63) is 36.1 Å². The van der Waals surface area contributed by atoms with Gasteiger partial charge in [0.2, 0.25) is 17.6 Å². The number of rotatable bonds is 3. The van der Waals surface area contributed by atoms with Gasteiger partial charge in [0.15, 0.2) is 5.76 Å². The minimum atomic E-state index is -0.390. The molecule has 3 rings (SSSR count). The normalized spacial score (nSPS) is 16.4. The molecule has 1 aromatic heterocycles. The van der Waals surface area contributed by atoms with Gasteiger partial charge in [0.25, 0.3) is 0 Å². The fraction of sp³-hybridized carbons (Fsp3) is 0.214. The van der Waals surface area contributed by atoms with Crippen LogP contribution in [0.2, 0.25) is 0 Å². The van der Waals surface area contributed by atoms with Gasteiger partial charge in [-0.2, -0.15) is 0 Å². The Hall–Kier alpha value is -2.47. The van der Waals surface area contributed by atoms with E-state index in [-0.39, 0.29) is 31.2 Å². The van der Waals surface area contributed by atoms with Crippen molar-refractivity contribution in [2.24, 2.45) is 0 Å². The van der Waals surface area contributed by atoms with Crippen molar-refractivity contribution in [2.45, 2.75) is 0 Å².